The first kappa shape index (κ1) is 15.8. The summed E-state index contributed by atoms with van der Waals surface area (Å²) in [7, 11) is 1.61. The van der Waals surface area contributed by atoms with E-state index in [9.17, 15) is 14.7 Å². The molecule has 1 rings (SSSR count). The number of hydrogen-bond donors (Lipinski definition) is 4. The zero-order valence-electron chi connectivity index (χ0n) is 11.2. The van der Waals surface area contributed by atoms with Crippen LogP contribution in [-0.4, -0.2) is 42.5 Å². The molecule has 0 spiro atoms. The largest absolute Gasteiger partial charge is 0.508 e. The Bertz CT molecular complexity index is 476. The molecule has 4 N–H and O–H groups in total. The van der Waals surface area contributed by atoms with Gasteiger partial charge in [-0.15, -0.1) is 0 Å². The third kappa shape index (κ3) is 5.15. The van der Waals surface area contributed by atoms with Gasteiger partial charge in [0, 0.05) is 20.3 Å². The van der Waals surface area contributed by atoms with Gasteiger partial charge in [0.25, 0.3) is 0 Å². The molecule has 0 bridgehead atoms. The van der Waals surface area contributed by atoms with Crippen LogP contribution in [0.15, 0.2) is 18.2 Å². The highest BCUT2D eigenvalue weighted by molar-refractivity contribution is 6.00. The van der Waals surface area contributed by atoms with E-state index in [1.165, 1.54) is 12.1 Å². The van der Waals surface area contributed by atoms with Crippen molar-refractivity contribution in [1.29, 1.82) is 0 Å². The van der Waals surface area contributed by atoms with E-state index in [0.29, 0.717) is 13.2 Å². The van der Waals surface area contributed by atoms with Gasteiger partial charge in [-0.1, -0.05) is 0 Å². The SMILES string of the molecule is COCCCCNC(=O)Nc1ccc(O)cc1C(=O)O. The molecular weight excluding hydrogens is 264 g/mol. The summed E-state index contributed by atoms with van der Waals surface area (Å²) in [5, 5.41) is 23.3. The smallest absolute Gasteiger partial charge is 0.337 e. The van der Waals surface area contributed by atoms with Gasteiger partial charge in [0.05, 0.1) is 11.3 Å². The zero-order valence-corrected chi connectivity index (χ0v) is 11.2. The highest BCUT2D eigenvalue weighted by Gasteiger charge is 2.13. The van der Waals surface area contributed by atoms with Crippen molar-refractivity contribution in [2.24, 2.45) is 0 Å². The number of urea groups is 1. The Morgan fingerprint density at radius 1 is 1.30 bits per heavy atom. The number of hydrogen-bond acceptors (Lipinski definition) is 4. The van der Waals surface area contributed by atoms with Crippen LogP contribution in [0.25, 0.3) is 0 Å². The van der Waals surface area contributed by atoms with Crippen LogP contribution >= 0.6 is 0 Å². The number of carboxylic acids is 1. The van der Waals surface area contributed by atoms with Gasteiger partial charge in [-0.05, 0) is 31.0 Å². The Kier molecular flexibility index (Phi) is 6.31. The number of amides is 2. The molecule has 0 aliphatic rings. The monoisotopic (exact) mass is 282 g/mol. The first-order valence-electron chi connectivity index (χ1n) is 6.14. The number of phenolic OH excluding ortho intramolecular Hbond substituents is 1. The summed E-state index contributed by atoms with van der Waals surface area (Å²) in [4.78, 5) is 22.6. The van der Waals surface area contributed by atoms with E-state index in [4.69, 9.17) is 9.84 Å². The normalized spacial score (nSPS) is 10.1. The van der Waals surface area contributed by atoms with Crippen LogP contribution in [0.3, 0.4) is 0 Å². The molecule has 0 saturated carbocycles. The number of ether oxygens (including phenoxy) is 1. The fourth-order valence-corrected chi connectivity index (χ4v) is 1.56. The summed E-state index contributed by atoms with van der Waals surface area (Å²) in [6.45, 7) is 1.10. The van der Waals surface area contributed by atoms with Crippen molar-refractivity contribution in [2.75, 3.05) is 25.6 Å². The standard InChI is InChI=1S/C13H18N2O5/c1-20-7-3-2-6-14-13(19)15-11-5-4-9(16)8-10(11)12(17)18/h4-5,8,16H,2-3,6-7H2,1H3,(H,17,18)(H2,14,15,19). The van der Waals surface area contributed by atoms with Crippen LogP contribution in [0.4, 0.5) is 10.5 Å². The van der Waals surface area contributed by atoms with Gasteiger partial charge in [-0.2, -0.15) is 0 Å². The van der Waals surface area contributed by atoms with Crippen LogP contribution < -0.4 is 10.6 Å². The fourth-order valence-electron chi connectivity index (χ4n) is 1.56. The summed E-state index contributed by atoms with van der Waals surface area (Å²) >= 11 is 0. The molecule has 0 aliphatic heterocycles. The molecule has 0 aromatic heterocycles. The molecule has 0 heterocycles. The van der Waals surface area contributed by atoms with E-state index in [1.54, 1.807) is 7.11 Å². The Labute approximate surface area is 116 Å². The predicted octanol–water partition coefficient (Wildman–Crippen LogP) is 1.64. The van der Waals surface area contributed by atoms with E-state index in [2.05, 4.69) is 10.6 Å². The first-order valence-corrected chi connectivity index (χ1v) is 6.14. The zero-order chi connectivity index (χ0) is 15.0. The van der Waals surface area contributed by atoms with Crippen LogP contribution in [0.1, 0.15) is 23.2 Å². The number of carbonyl (C=O) groups is 2. The highest BCUT2D eigenvalue weighted by atomic mass is 16.5. The second-order valence-corrected chi connectivity index (χ2v) is 4.12. The van der Waals surface area contributed by atoms with Crippen molar-refractivity contribution in [2.45, 2.75) is 12.8 Å². The van der Waals surface area contributed by atoms with Crippen LogP contribution in [0, 0.1) is 0 Å². The third-order valence-electron chi connectivity index (χ3n) is 2.54. The van der Waals surface area contributed by atoms with Crippen molar-refractivity contribution in [3.63, 3.8) is 0 Å². The lowest BCUT2D eigenvalue weighted by molar-refractivity contribution is 0.0697. The lowest BCUT2D eigenvalue weighted by Gasteiger charge is -2.10. The summed E-state index contributed by atoms with van der Waals surface area (Å²) in [6.07, 6.45) is 1.60. The summed E-state index contributed by atoms with van der Waals surface area (Å²) in [5.74, 6) is -1.40. The van der Waals surface area contributed by atoms with Crippen LogP contribution in [-0.2, 0) is 4.74 Å². The number of carbonyl (C=O) groups excluding carboxylic acids is 1. The molecule has 1 aromatic rings. The van der Waals surface area contributed by atoms with Gasteiger partial charge in [0.1, 0.15) is 5.75 Å². The second kappa shape index (κ2) is 8.00. The number of carboxylic acid groups (broad SMARTS) is 1. The maximum Gasteiger partial charge on any atom is 0.337 e. The number of anilines is 1. The number of nitrogens with one attached hydrogen (secondary N) is 2. The molecule has 0 aliphatic carbocycles. The minimum Gasteiger partial charge on any atom is -0.508 e. The van der Waals surface area contributed by atoms with Crippen LogP contribution in [0.2, 0.25) is 0 Å². The van der Waals surface area contributed by atoms with Crippen LogP contribution in [0.5, 0.6) is 5.75 Å². The van der Waals surface area contributed by atoms with Crippen molar-refractivity contribution in [1.82, 2.24) is 5.32 Å². The average molecular weight is 282 g/mol. The van der Waals surface area contributed by atoms with E-state index in [-0.39, 0.29) is 17.0 Å². The maximum atomic E-state index is 11.6. The van der Waals surface area contributed by atoms with E-state index in [0.717, 1.165) is 18.9 Å². The second-order valence-electron chi connectivity index (χ2n) is 4.12. The van der Waals surface area contributed by atoms with E-state index < -0.39 is 12.0 Å². The van der Waals surface area contributed by atoms with Crippen molar-refractivity contribution in [3.05, 3.63) is 23.8 Å². The highest BCUT2D eigenvalue weighted by Crippen LogP contribution is 2.21. The number of benzene rings is 1. The van der Waals surface area contributed by atoms with Gasteiger partial charge >= 0.3 is 12.0 Å². The van der Waals surface area contributed by atoms with E-state index in [1.807, 2.05) is 0 Å². The van der Waals surface area contributed by atoms with Gasteiger partial charge in [0.15, 0.2) is 0 Å². The molecule has 2 amide bonds. The lowest BCUT2D eigenvalue weighted by atomic mass is 10.1. The number of methoxy groups -OCH3 is 1. The molecule has 0 saturated heterocycles. The minimum atomic E-state index is -1.23. The Morgan fingerprint density at radius 3 is 2.70 bits per heavy atom. The van der Waals surface area contributed by atoms with Gasteiger partial charge in [-0.25, -0.2) is 9.59 Å². The molecule has 7 nitrogen and oxygen atoms in total. The van der Waals surface area contributed by atoms with Crippen molar-refractivity contribution in [3.8, 4) is 5.75 Å². The van der Waals surface area contributed by atoms with E-state index >= 15 is 0 Å². The lowest BCUT2D eigenvalue weighted by Crippen LogP contribution is -2.30. The molecule has 110 valence electrons. The number of unbranched alkanes of at least 4 members (excludes halogenated alkanes) is 1. The number of aromatic carboxylic acids is 1. The van der Waals surface area contributed by atoms with Gasteiger partial charge < -0.3 is 25.6 Å². The number of phenols is 1. The third-order valence-corrected chi connectivity index (χ3v) is 2.54. The molecule has 20 heavy (non-hydrogen) atoms. The van der Waals surface area contributed by atoms with Gasteiger partial charge in [-0.3, -0.25) is 0 Å². The minimum absolute atomic E-state index is 0.129. The molecule has 7 heteroatoms. The van der Waals surface area contributed by atoms with Crippen molar-refractivity contribution < 1.29 is 24.5 Å². The maximum absolute atomic E-state index is 11.6. The summed E-state index contributed by atoms with van der Waals surface area (Å²) in [5.41, 5.74) is -0.0378. The molecule has 0 atom stereocenters. The Morgan fingerprint density at radius 2 is 2.05 bits per heavy atom. The average Bonchev–Trinajstić information content (AvgIpc) is 2.40. The van der Waals surface area contributed by atoms with Gasteiger partial charge in [0.2, 0.25) is 0 Å². The fraction of sp³-hybridized carbons (Fsp3) is 0.385. The molecule has 0 fully saturated rings. The number of aromatic hydroxyl groups is 1. The summed E-state index contributed by atoms with van der Waals surface area (Å²) < 4.78 is 4.88. The molecule has 0 radical (unpaired) electrons. The quantitative estimate of drug-likeness (QED) is 0.449. The first-order chi connectivity index (χ1) is 9.54. The summed E-state index contributed by atoms with van der Waals surface area (Å²) in [6, 6.07) is 3.23. The topological polar surface area (TPSA) is 108 Å². The Balaban J connectivity index is 2.51. The molecular formula is C13H18N2O5. The molecule has 1 aromatic carbocycles. The van der Waals surface area contributed by atoms with Crippen molar-refractivity contribution >= 4 is 17.7 Å². The Hall–Kier alpha value is -2.28. The number of rotatable bonds is 7. The predicted molar refractivity (Wildman–Crippen MR) is 73.2 cm³/mol. The molecule has 0 unspecified atom stereocenters.